The molecule has 3 aromatic rings. The summed E-state index contributed by atoms with van der Waals surface area (Å²) in [5, 5.41) is 8.73. The Labute approximate surface area is 371 Å². The number of piperidine rings is 3. The maximum Gasteiger partial charge on any atom is 0.342 e. The Kier molecular flexibility index (Phi) is 12.0. The zero-order chi connectivity index (χ0) is 44.9. The number of imide groups is 1. The van der Waals surface area contributed by atoms with E-state index in [0.29, 0.717) is 46.5 Å². The highest BCUT2D eigenvalue weighted by atomic mass is 19.3. The van der Waals surface area contributed by atoms with Crippen molar-refractivity contribution in [2.45, 2.75) is 101 Å². The summed E-state index contributed by atoms with van der Waals surface area (Å²) in [7, 11) is 2.82. The molecule has 3 atom stereocenters. The number of ether oxygens (including phenoxy) is 1. The zero-order valence-electron chi connectivity index (χ0n) is 36.8. The number of hydrogen-bond acceptors (Lipinski definition) is 11. The van der Waals surface area contributed by atoms with Crippen LogP contribution >= 0.6 is 0 Å². The second kappa shape index (κ2) is 17.5. The smallest absolute Gasteiger partial charge is 0.342 e. The van der Waals surface area contributed by atoms with Gasteiger partial charge in [-0.3, -0.25) is 24.5 Å². The van der Waals surface area contributed by atoms with Gasteiger partial charge in [-0.05, 0) is 118 Å². The number of aromatic nitrogens is 2. The molecule has 5 fully saturated rings. The molecule has 17 heteroatoms. The number of amides is 4. The molecule has 64 heavy (non-hydrogen) atoms. The molecule has 3 unspecified atom stereocenters. The third-order valence-electron chi connectivity index (χ3n) is 15.0. The van der Waals surface area contributed by atoms with Crippen molar-refractivity contribution in [1.82, 2.24) is 25.5 Å². The molecule has 1 spiro atoms. The van der Waals surface area contributed by atoms with Crippen LogP contribution in [0.1, 0.15) is 99.4 Å². The summed E-state index contributed by atoms with van der Waals surface area (Å²) in [5.74, 6) is -4.82. The van der Waals surface area contributed by atoms with Gasteiger partial charge < -0.3 is 35.0 Å². The SMILES string of the molecule is COc1cc(C(=O)NC2CC3(CCN(CC4CCN(c5ccc(C6CCC(=O)NC6=O)cc5F)CC4C)CC3)C2)ccc1Nc1ncc2c(n1)N(C1CCCC1)CC(F)(F)C(=O)N2C. The van der Waals surface area contributed by atoms with Gasteiger partial charge in [0.05, 0.1) is 37.1 Å². The van der Waals surface area contributed by atoms with E-state index < -0.39 is 24.3 Å². The molecule has 9 rings (SSSR count). The van der Waals surface area contributed by atoms with Crippen molar-refractivity contribution >= 4 is 52.5 Å². The van der Waals surface area contributed by atoms with Gasteiger partial charge in [0.2, 0.25) is 17.8 Å². The molecule has 6 aliphatic rings. The highest BCUT2D eigenvalue weighted by Gasteiger charge is 2.49. The minimum Gasteiger partial charge on any atom is -0.495 e. The Hall–Kier alpha value is -5.45. The minimum atomic E-state index is -3.57. The number of nitrogens with zero attached hydrogens (tertiary/aromatic N) is 6. The number of methoxy groups -OCH3 is 1. The van der Waals surface area contributed by atoms with Gasteiger partial charge in [-0.2, -0.15) is 13.8 Å². The highest BCUT2D eigenvalue weighted by molar-refractivity contribution is 6.02. The summed E-state index contributed by atoms with van der Waals surface area (Å²) in [5.41, 5.74) is 2.56. The maximum atomic E-state index is 15.4. The van der Waals surface area contributed by atoms with Crippen LogP contribution in [-0.4, -0.2) is 110 Å². The summed E-state index contributed by atoms with van der Waals surface area (Å²) in [4.78, 5) is 66.3. The van der Waals surface area contributed by atoms with Gasteiger partial charge in [0.25, 0.3) is 11.8 Å². The molecule has 0 radical (unpaired) electrons. The molecular formula is C47H58F3N9O5. The summed E-state index contributed by atoms with van der Waals surface area (Å²) >= 11 is 0. The van der Waals surface area contributed by atoms with Gasteiger partial charge in [-0.25, -0.2) is 9.37 Å². The van der Waals surface area contributed by atoms with Crippen molar-refractivity contribution < 1.29 is 37.1 Å². The predicted molar refractivity (Wildman–Crippen MR) is 236 cm³/mol. The number of nitrogens with one attached hydrogen (secondary N) is 3. The first kappa shape index (κ1) is 43.8. The lowest BCUT2D eigenvalue weighted by molar-refractivity contribution is -0.140. The van der Waals surface area contributed by atoms with Crippen LogP contribution in [0.3, 0.4) is 0 Å². The zero-order valence-corrected chi connectivity index (χ0v) is 36.8. The summed E-state index contributed by atoms with van der Waals surface area (Å²) in [6, 6.07) is 10.1. The molecule has 1 aromatic heterocycles. The van der Waals surface area contributed by atoms with Crippen LogP contribution in [-0.2, 0) is 14.4 Å². The second-order valence-electron chi connectivity index (χ2n) is 19.1. The number of carbonyl (C=O) groups is 4. The fourth-order valence-electron chi connectivity index (χ4n) is 11.2. The molecule has 14 nitrogen and oxygen atoms in total. The van der Waals surface area contributed by atoms with Gasteiger partial charge in [0.1, 0.15) is 17.3 Å². The number of likely N-dealkylation sites (tertiary alicyclic amines) is 1. The summed E-state index contributed by atoms with van der Waals surface area (Å²) < 4.78 is 51.2. The Morgan fingerprint density at radius 2 is 1.75 bits per heavy atom. The van der Waals surface area contributed by atoms with Crippen LogP contribution < -0.4 is 35.4 Å². The topological polar surface area (TPSA) is 152 Å². The van der Waals surface area contributed by atoms with Gasteiger partial charge >= 0.3 is 5.92 Å². The fourth-order valence-corrected chi connectivity index (χ4v) is 11.2. The van der Waals surface area contributed by atoms with E-state index in [1.165, 1.54) is 26.4 Å². The van der Waals surface area contributed by atoms with Crippen LogP contribution in [0.5, 0.6) is 5.75 Å². The van der Waals surface area contributed by atoms with E-state index >= 15 is 13.2 Å². The molecule has 5 heterocycles. The number of carbonyl (C=O) groups excluding carboxylic acids is 4. The molecule has 342 valence electrons. The van der Waals surface area contributed by atoms with E-state index in [9.17, 15) is 19.2 Å². The number of alkyl halides is 2. The van der Waals surface area contributed by atoms with E-state index in [4.69, 9.17) is 4.74 Å². The third kappa shape index (κ3) is 8.71. The van der Waals surface area contributed by atoms with E-state index in [2.05, 4.69) is 42.6 Å². The third-order valence-corrected chi connectivity index (χ3v) is 15.0. The van der Waals surface area contributed by atoms with Crippen LogP contribution in [0, 0.1) is 23.1 Å². The van der Waals surface area contributed by atoms with Crippen LogP contribution in [0.15, 0.2) is 42.6 Å². The van der Waals surface area contributed by atoms with Crippen molar-refractivity contribution in [3.63, 3.8) is 0 Å². The van der Waals surface area contributed by atoms with Gasteiger partial charge in [0, 0.05) is 50.7 Å². The van der Waals surface area contributed by atoms with Crippen LogP contribution in [0.2, 0.25) is 0 Å². The average molecular weight is 886 g/mol. The van der Waals surface area contributed by atoms with Crippen LogP contribution in [0.4, 0.5) is 42.0 Å². The molecule has 0 bridgehead atoms. The number of rotatable bonds is 10. The fraction of sp³-hybridized carbons (Fsp3) is 0.574. The monoisotopic (exact) mass is 885 g/mol. The normalized spacial score (nSPS) is 25.1. The van der Waals surface area contributed by atoms with Crippen LogP contribution in [0.25, 0.3) is 0 Å². The standard InChI is InChI=1S/C47H58F3N9O5/c1-28-25-58(37-12-9-29(20-35(37)48)34-10-13-40(60)54-43(34)62)17-14-31(28)26-57-18-15-46(16-19-57)22-32(23-46)52-42(61)30-8-11-36(39(21-30)64-3)53-45-51-24-38-41(55-45)59(33-6-4-5-7-33)27-47(49,50)44(63)56(38)2/h8-9,11-12,20-21,24,28,31-34H,4-7,10,13-19,22-23,25-27H2,1-3H3,(H,52,61)(H,51,53,55)(H,54,60,62). The van der Waals surface area contributed by atoms with E-state index in [0.717, 1.165) is 95.4 Å². The number of hydrogen-bond donors (Lipinski definition) is 3. The lowest BCUT2D eigenvalue weighted by atomic mass is 9.60. The Bertz CT molecular complexity index is 2290. The lowest BCUT2D eigenvalue weighted by Gasteiger charge is -2.53. The number of benzene rings is 2. The average Bonchev–Trinajstić information content (AvgIpc) is 3.79. The highest BCUT2D eigenvalue weighted by Crippen LogP contribution is 2.49. The first-order valence-corrected chi connectivity index (χ1v) is 22.9. The van der Waals surface area contributed by atoms with Crippen molar-refractivity contribution in [2.24, 2.45) is 17.3 Å². The van der Waals surface area contributed by atoms with E-state index in [1.807, 2.05) is 6.07 Å². The van der Waals surface area contributed by atoms with Crippen molar-refractivity contribution in [3.05, 3.63) is 59.5 Å². The van der Waals surface area contributed by atoms with Crippen molar-refractivity contribution in [1.29, 1.82) is 0 Å². The molecule has 2 saturated carbocycles. The quantitative estimate of drug-likeness (QED) is 0.195. The molecule has 3 saturated heterocycles. The Morgan fingerprint density at radius 1 is 0.984 bits per heavy atom. The Balaban J connectivity index is 0.749. The first-order valence-electron chi connectivity index (χ1n) is 22.9. The molecular weight excluding hydrogens is 828 g/mol. The van der Waals surface area contributed by atoms with E-state index in [1.54, 1.807) is 29.2 Å². The molecule has 2 aromatic carbocycles. The number of halogens is 3. The van der Waals surface area contributed by atoms with Crippen molar-refractivity contribution in [3.8, 4) is 5.75 Å². The molecule has 4 amide bonds. The Morgan fingerprint density at radius 3 is 2.45 bits per heavy atom. The molecule has 4 aliphatic heterocycles. The lowest BCUT2D eigenvalue weighted by Crippen LogP contribution is -2.55. The van der Waals surface area contributed by atoms with Gasteiger partial charge in [-0.1, -0.05) is 25.8 Å². The summed E-state index contributed by atoms with van der Waals surface area (Å²) in [6.45, 7) is 6.09. The van der Waals surface area contributed by atoms with Gasteiger partial charge in [-0.15, -0.1) is 0 Å². The summed E-state index contributed by atoms with van der Waals surface area (Å²) in [6.07, 6.45) is 10.4. The first-order chi connectivity index (χ1) is 30.7. The number of fused-ring (bicyclic) bond motifs is 1. The molecule has 3 N–H and O–H groups in total. The largest absolute Gasteiger partial charge is 0.495 e. The maximum absolute atomic E-state index is 15.4. The predicted octanol–water partition coefficient (Wildman–Crippen LogP) is 6.39. The second-order valence-corrected chi connectivity index (χ2v) is 19.1. The number of anilines is 5. The minimum absolute atomic E-state index is 0.0823. The molecule has 2 aliphatic carbocycles. The van der Waals surface area contributed by atoms with Gasteiger partial charge in [0.15, 0.2) is 5.82 Å². The van der Waals surface area contributed by atoms with E-state index in [-0.39, 0.29) is 64.9 Å². The van der Waals surface area contributed by atoms with Crippen molar-refractivity contribution in [2.75, 3.05) is 73.4 Å².